The van der Waals surface area contributed by atoms with Crippen molar-refractivity contribution in [1.29, 1.82) is 5.26 Å². The molecule has 1 N–H and O–H groups in total. The quantitative estimate of drug-likeness (QED) is 0.700. The zero-order chi connectivity index (χ0) is 19.2. The van der Waals surface area contributed by atoms with Gasteiger partial charge in [0.2, 0.25) is 17.6 Å². The molecule has 7 heteroatoms. The number of nitriles is 1. The first-order valence-corrected chi connectivity index (χ1v) is 8.13. The highest BCUT2D eigenvalue weighted by atomic mass is 19.1. The van der Waals surface area contributed by atoms with Crippen LogP contribution < -0.4 is 5.32 Å². The molecule has 0 bridgehead atoms. The Bertz CT molecular complexity index is 1000. The molecule has 0 saturated carbocycles. The van der Waals surface area contributed by atoms with Crippen LogP contribution in [0.3, 0.4) is 0 Å². The molecule has 3 aromatic rings. The summed E-state index contributed by atoms with van der Waals surface area (Å²) in [7, 11) is 0. The molecule has 0 aliphatic carbocycles. The summed E-state index contributed by atoms with van der Waals surface area (Å²) in [6.45, 7) is 1.72. The Morgan fingerprint density at radius 1 is 1.22 bits per heavy atom. The van der Waals surface area contributed by atoms with Crippen LogP contribution in [0.1, 0.15) is 30.0 Å². The van der Waals surface area contributed by atoms with Gasteiger partial charge < -0.3 is 9.84 Å². The molecule has 0 saturated heterocycles. The van der Waals surface area contributed by atoms with E-state index in [4.69, 9.17) is 9.78 Å². The monoisotopic (exact) mass is 362 g/mol. The third kappa shape index (κ3) is 4.64. The van der Waals surface area contributed by atoms with Gasteiger partial charge in [0, 0.05) is 11.6 Å². The van der Waals surface area contributed by atoms with Gasteiger partial charge in [0.05, 0.1) is 11.6 Å². The van der Waals surface area contributed by atoms with Crippen LogP contribution in [0.5, 0.6) is 0 Å². The van der Waals surface area contributed by atoms with Crippen molar-refractivity contribution >= 4 is 12.0 Å². The maximum atomic E-state index is 13.0. The van der Waals surface area contributed by atoms with E-state index in [1.54, 1.807) is 49.4 Å². The molecular formula is C20H15FN4O2. The Hall–Kier alpha value is -3.79. The van der Waals surface area contributed by atoms with Gasteiger partial charge in [-0.1, -0.05) is 17.3 Å². The third-order valence-electron chi connectivity index (χ3n) is 3.74. The highest BCUT2D eigenvalue weighted by Gasteiger charge is 2.16. The smallest absolute Gasteiger partial charge is 0.249 e. The van der Waals surface area contributed by atoms with E-state index in [0.29, 0.717) is 17.0 Å². The molecular weight excluding hydrogens is 347 g/mol. The summed E-state index contributed by atoms with van der Waals surface area (Å²) >= 11 is 0. The molecule has 6 nitrogen and oxygen atoms in total. The first-order chi connectivity index (χ1) is 13.0. The van der Waals surface area contributed by atoms with E-state index in [0.717, 1.165) is 5.56 Å². The van der Waals surface area contributed by atoms with Crippen molar-refractivity contribution in [2.75, 3.05) is 0 Å². The van der Waals surface area contributed by atoms with Crippen molar-refractivity contribution in [1.82, 2.24) is 15.5 Å². The summed E-state index contributed by atoms with van der Waals surface area (Å²) in [6.07, 6.45) is 3.02. The van der Waals surface area contributed by atoms with Crippen molar-refractivity contribution < 1.29 is 13.7 Å². The second-order valence-electron chi connectivity index (χ2n) is 5.76. The van der Waals surface area contributed by atoms with Crippen LogP contribution in [0.2, 0.25) is 0 Å². The Morgan fingerprint density at radius 2 is 1.93 bits per heavy atom. The highest BCUT2D eigenvalue weighted by Crippen LogP contribution is 2.19. The number of nitrogens with zero attached hydrogens (tertiary/aromatic N) is 3. The average molecular weight is 362 g/mol. The lowest BCUT2D eigenvalue weighted by atomic mass is 10.1. The fourth-order valence-corrected chi connectivity index (χ4v) is 2.29. The molecule has 134 valence electrons. The second kappa shape index (κ2) is 8.06. The molecule has 2 aromatic carbocycles. The van der Waals surface area contributed by atoms with Gasteiger partial charge in [-0.05, 0) is 55.0 Å². The zero-order valence-corrected chi connectivity index (χ0v) is 14.4. The first kappa shape index (κ1) is 18.0. The van der Waals surface area contributed by atoms with Crippen LogP contribution in [0.25, 0.3) is 17.5 Å². The SMILES string of the molecule is C[C@H](NC(=O)/C=C/c1ccc(C#N)cc1)c1nc(-c2ccc(F)cc2)no1. The lowest BCUT2D eigenvalue weighted by Gasteiger charge is -2.06. The fraction of sp³-hybridized carbons (Fsp3) is 0.100. The molecule has 1 amide bonds. The van der Waals surface area contributed by atoms with E-state index in [1.165, 1.54) is 18.2 Å². The second-order valence-corrected chi connectivity index (χ2v) is 5.76. The molecule has 0 fully saturated rings. The van der Waals surface area contributed by atoms with Gasteiger partial charge in [-0.3, -0.25) is 4.79 Å². The van der Waals surface area contributed by atoms with Crippen LogP contribution in [-0.4, -0.2) is 16.0 Å². The molecule has 1 heterocycles. The molecule has 27 heavy (non-hydrogen) atoms. The van der Waals surface area contributed by atoms with E-state index >= 15 is 0 Å². The maximum absolute atomic E-state index is 13.0. The predicted molar refractivity (Wildman–Crippen MR) is 96.4 cm³/mol. The molecule has 1 atom stereocenters. The van der Waals surface area contributed by atoms with E-state index in [9.17, 15) is 9.18 Å². The van der Waals surface area contributed by atoms with Crippen molar-refractivity contribution in [3.05, 3.63) is 77.4 Å². The first-order valence-electron chi connectivity index (χ1n) is 8.13. The van der Waals surface area contributed by atoms with Crippen LogP contribution >= 0.6 is 0 Å². The van der Waals surface area contributed by atoms with Gasteiger partial charge in [0.1, 0.15) is 11.9 Å². The molecule has 0 aliphatic rings. The number of hydrogen-bond donors (Lipinski definition) is 1. The van der Waals surface area contributed by atoms with E-state index < -0.39 is 6.04 Å². The number of rotatable bonds is 5. The number of halogens is 1. The van der Waals surface area contributed by atoms with Gasteiger partial charge in [-0.15, -0.1) is 0 Å². The standard InChI is InChI=1S/C20H15FN4O2/c1-13(20-24-19(25-27-20)16-7-9-17(21)10-8-16)23-18(26)11-6-14-2-4-15(12-22)5-3-14/h2-11,13H,1H3,(H,23,26)/b11-6+/t13-/m0/s1. The number of carbonyl (C=O) groups excluding carboxylic acids is 1. The van der Waals surface area contributed by atoms with E-state index in [1.807, 2.05) is 6.07 Å². The number of benzene rings is 2. The Kier molecular flexibility index (Phi) is 5.38. The van der Waals surface area contributed by atoms with Gasteiger partial charge in [-0.2, -0.15) is 10.2 Å². The molecule has 0 spiro atoms. The van der Waals surface area contributed by atoms with E-state index in [-0.39, 0.29) is 17.6 Å². The van der Waals surface area contributed by atoms with Crippen molar-refractivity contribution in [3.63, 3.8) is 0 Å². The summed E-state index contributed by atoms with van der Waals surface area (Å²) < 4.78 is 18.2. The summed E-state index contributed by atoms with van der Waals surface area (Å²) in [4.78, 5) is 16.3. The number of nitrogens with one attached hydrogen (secondary N) is 1. The zero-order valence-electron chi connectivity index (χ0n) is 14.4. The van der Waals surface area contributed by atoms with Crippen LogP contribution in [-0.2, 0) is 4.79 Å². The largest absolute Gasteiger partial charge is 0.341 e. The molecule has 0 radical (unpaired) electrons. The van der Waals surface area contributed by atoms with Crippen LogP contribution in [0, 0.1) is 17.1 Å². The average Bonchev–Trinajstić information content (AvgIpc) is 3.18. The fourth-order valence-electron chi connectivity index (χ4n) is 2.29. The third-order valence-corrected chi connectivity index (χ3v) is 3.74. The molecule has 3 rings (SSSR count). The topological polar surface area (TPSA) is 91.8 Å². The summed E-state index contributed by atoms with van der Waals surface area (Å²) in [5, 5.41) is 15.4. The molecule has 0 unspecified atom stereocenters. The Balaban J connectivity index is 1.62. The van der Waals surface area contributed by atoms with E-state index in [2.05, 4.69) is 15.5 Å². The minimum atomic E-state index is -0.496. The van der Waals surface area contributed by atoms with Crippen LogP contribution in [0.15, 0.2) is 59.1 Å². The maximum Gasteiger partial charge on any atom is 0.249 e. The Labute approximate surface area is 155 Å². The summed E-state index contributed by atoms with van der Waals surface area (Å²) in [5.41, 5.74) is 1.97. The van der Waals surface area contributed by atoms with Crippen molar-refractivity contribution in [3.8, 4) is 17.5 Å². The molecule has 1 aromatic heterocycles. The van der Waals surface area contributed by atoms with Crippen molar-refractivity contribution in [2.24, 2.45) is 0 Å². The van der Waals surface area contributed by atoms with Gasteiger partial charge >= 0.3 is 0 Å². The van der Waals surface area contributed by atoms with Crippen LogP contribution in [0.4, 0.5) is 4.39 Å². The van der Waals surface area contributed by atoms with Gasteiger partial charge in [0.15, 0.2) is 0 Å². The number of amides is 1. The summed E-state index contributed by atoms with van der Waals surface area (Å²) in [6, 6.07) is 14.1. The number of carbonyl (C=O) groups is 1. The normalized spacial score (nSPS) is 11.9. The summed E-state index contributed by atoms with van der Waals surface area (Å²) in [5.74, 6) is -0.112. The lowest BCUT2D eigenvalue weighted by molar-refractivity contribution is -0.117. The minimum Gasteiger partial charge on any atom is -0.341 e. The Morgan fingerprint density at radius 3 is 2.59 bits per heavy atom. The number of hydrogen-bond acceptors (Lipinski definition) is 5. The predicted octanol–water partition coefficient (Wildman–Crippen LogP) is 3.64. The minimum absolute atomic E-state index is 0.245. The molecule has 0 aliphatic heterocycles. The van der Waals surface area contributed by atoms with Crippen molar-refractivity contribution in [2.45, 2.75) is 13.0 Å². The van der Waals surface area contributed by atoms with Gasteiger partial charge in [0.25, 0.3) is 0 Å². The lowest BCUT2D eigenvalue weighted by Crippen LogP contribution is -2.24. The van der Waals surface area contributed by atoms with Gasteiger partial charge in [-0.25, -0.2) is 4.39 Å². The highest BCUT2D eigenvalue weighted by molar-refractivity contribution is 5.91. The number of aromatic nitrogens is 2.